The summed E-state index contributed by atoms with van der Waals surface area (Å²) in [4.78, 5) is 25.4. The Bertz CT molecular complexity index is 740. The molecule has 0 saturated heterocycles. The van der Waals surface area contributed by atoms with Crippen LogP contribution >= 0.6 is 0 Å². The topological polar surface area (TPSA) is 63.4 Å². The molecule has 0 aliphatic carbocycles. The molecule has 0 aliphatic heterocycles. The molecule has 0 spiro atoms. The highest BCUT2D eigenvalue weighted by Gasteiger charge is 2.17. The number of rotatable bonds is 8. The Hall–Kier alpha value is -2.69. The first-order valence-electron chi connectivity index (χ1n) is 8.77. The van der Waals surface area contributed by atoms with Crippen LogP contribution < -0.4 is 10.6 Å². The molecule has 0 atom stereocenters. The molecule has 138 valence electrons. The third-order valence-electron chi connectivity index (χ3n) is 4.04. The van der Waals surface area contributed by atoms with E-state index in [0.29, 0.717) is 11.6 Å². The van der Waals surface area contributed by atoms with Gasteiger partial charge in [0.25, 0.3) is 0 Å². The minimum atomic E-state index is -0.483. The van der Waals surface area contributed by atoms with Crippen molar-refractivity contribution in [2.75, 3.05) is 11.4 Å². The largest absolute Gasteiger partial charge is 0.370 e. The van der Waals surface area contributed by atoms with Gasteiger partial charge >= 0.3 is 0 Å². The van der Waals surface area contributed by atoms with Gasteiger partial charge in [0.15, 0.2) is 0 Å². The van der Waals surface area contributed by atoms with Crippen molar-refractivity contribution in [1.29, 1.82) is 0 Å². The average Bonchev–Trinajstić information content (AvgIpc) is 2.57. The predicted molar refractivity (Wildman–Crippen MR) is 101 cm³/mol. The molecule has 2 amide bonds. The second kappa shape index (κ2) is 9.13. The minimum absolute atomic E-state index is 0.0520. The maximum atomic E-state index is 13.2. The molecule has 2 aromatic carbocycles. The Morgan fingerprint density at radius 2 is 1.58 bits per heavy atom. The second-order valence-electron chi connectivity index (χ2n) is 6.83. The van der Waals surface area contributed by atoms with Crippen LogP contribution in [0.2, 0.25) is 0 Å². The highest BCUT2D eigenvalue weighted by atomic mass is 19.1. The van der Waals surface area contributed by atoms with Crippen molar-refractivity contribution in [2.24, 2.45) is 11.7 Å². The van der Waals surface area contributed by atoms with Crippen molar-refractivity contribution >= 4 is 17.5 Å². The van der Waals surface area contributed by atoms with Gasteiger partial charge < -0.3 is 10.6 Å². The van der Waals surface area contributed by atoms with Crippen molar-refractivity contribution in [3.05, 3.63) is 65.5 Å². The fraction of sp³-hybridized carbons (Fsp3) is 0.333. The first-order valence-corrected chi connectivity index (χ1v) is 8.77. The van der Waals surface area contributed by atoms with Crippen molar-refractivity contribution < 1.29 is 14.0 Å². The number of primary amides is 1. The fourth-order valence-corrected chi connectivity index (χ4v) is 2.78. The molecule has 2 N–H and O–H groups in total. The Morgan fingerprint density at radius 3 is 2.12 bits per heavy atom. The average molecular weight is 356 g/mol. The number of carbonyl (C=O) groups excluding carboxylic acids is 2. The number of halogens is 1. The van der Waals surface area contributed by atoms with Gasteiger partial charge in [-0.15, -0.1) is 0 Å². The van der Waals surface area contributed by atoms with E-state index >= 15 is 0 Å². The van der Waals surface area contributed by atoms with E-state index in [1.54, 1.807) is 0 Å². The first kappa shape index (κ1) is 19.6. The molecule has 0 aromatic heterocycles. The number of anilines is 1. The summed E-state index contributed by atoms with van der Waals surface area (Å²) >= 11 is 0. The van der Waals surface area contributed by atoms with E-state index in [-0.39, 0.29) is 31.1 Å². The van der Waals surface area contributed by atoms with Gasteiger partial charge in [0.1, 0.15) is 5.82 Å². The Balaban J connectivity index is 2.12. The van der Waals surface area contributed by atoms with Crippen LogP contribution in [0.3, 0.4) is 0 Å². The number of hydrogen-bond donors (Lipinski definition) is 1. The van der Waals surface area contributed by atoms with Crippen molar-refractivity contribution in [3.63, 3.8) is 0 Å². The Morgan fingerprint density at radius 1 is 1.00 bits per heavy atom. The summed E-state index contributed by atoms with van der Waals surface area (Å²) in [5, 5.41) is 0. The van der Waals surface area contributed by atoms with Crippen molar-refractivity contribution in [2.45, 2.75) is 33.1 Å². The van der Waals surface area contributed by atoms with E-state index in [1.807, 2.05) is 24.3 Å². The van der Waals surface area contributed by atoms with Crippen LogP contribution in [0.25, 0.3) is 0 Å². The summed E-state index contributed by atoms with van der Waals surface area (Å²) in [6.07, 6.45) is 1.25. The molecule has 0 aliphatic rings. The number of hydrogen-bond acceptors (Lipinski definition) is 2. The molecule has 26 heavy (non-hydrogen) atoms. The quantitative estimate of drug-likeness (QED) is 0.787. The zero-order valence-corrected chi connectivity index (χ0v) is 15.2. The van der Waals surface area contributed by atoms with Gasteiger partial charge in [-0.1, -0.05) is 38.1 Å². The lowest BCUT2D eigenvalue weighted by Crippen LogP contribution is -2.35. The number of amides is 2. The zero-order valence-electron chi connectivity index (χ0n) is 15.2. The number of carbonyl (C=O) groups is 2. The van der Waals surface area contributed by atoms with Crippen LogP contribution in [0, 0.1) is 11.7 Å². The SMILES string of the molecule is CC(C)Cc1ccc(CC(=O)N(CCC(N)=O)c2ccc(F)cc2)cc1. The summed E-state index contributed by atoms with van der Waals surface area (Å²) in [5.74, 6) is -0.445. The van der Waals surface area contributed by atoms with E-state index in [9.17, 15) is 14.0 Å². The lowest BCUT2D eigenvalue weighted by Gasteiger charge is -2.22. The van der Waals surface area contributed by atoms with E-state index in [4.69, 9.17) is 5.73 Å². The maximum absolute atomic E-state index is 13.2. The van der Waals surface area contributed by atoms with Crippen molar-refractivity contribution in [3.8, 4) is 0 Å². The van der Waals surface area contributed by atoms with Crippen LogP contribution in [0.4, 0.5) is 10.1 Å². The Kier molecular flexibility index (Phi) is 6.89. The third kappa shape index (κ3) is 5.99. The molecule has 2 rings (SSSR count). The molecule has 5 heteroatoms. The summed E-state index contributed by atoms with van der Waals surface area (Å²) in [5.41, 5.74) is 7.90. The molecule has 2 aromatic rings. The summed E-state index contributed by atoms with van der Waals surface area (Å²) in [6, 6.07) is 13.6. The molecule has 0 saturated carbocycles. The molecule has 0 unspecified atom stereocenters. The summed E-state index contributed by atoms with van der Waals surface area (Å²) in [7, 11) is 0. The lowest BCUT2D eigenvalue weighted by molar-refractivity contribution is -0.118. The van der Waals surface area contributed by atoms with Crippen LogP contribution in [0.1, 0.15) is 31.4 Å². The van der Waals surface area contributed by atoms with Crippen LogP contribution in [0.15, 0.2) is 48.5 Å². The zero-order chi connectivity index (χ0) is 19.1. The summed E-state index contributed by atoms with van der Waals surface area (Å²) < 4.78 is 13.2. The van der Waals surface area contributed by atoms with Gasteiger partial charge in [-0.3, -0.25) is 9.59 Å². The minimum Gasteiger partial charge on any atom is -0.370 e. The molecule has 4 nitrogen and oxygen atoms in total. The van der Waals surface area contributed by atoms with Crippen LogP contribution in [0.5, 0.6) is 0 Å². The van der Waals surface area contributed by atoms with Gasteiger partial charge in [-0.2, -0.15) is 0 Å². The van der Waals surface area contributed by atoms with E-state index in [1.165, 1.54) is 34.7 Å². The third-order valence-corrected chi connectivity index (χ3v) is 4.04. The molecule has 0 heterocycles. The van der Waals surface area contributed by atoms with Crippen molar-refractivity contribution in [1.82, 2.24) is 0 Å². The number of nitrogens with zero attached hydrogens (tertiary/aromatic N) is 1. The normalized spacial score (nSPS) is 10.8. The molecular formula is C21H25FN2O2. The highest BCUT2D eigenvalue weighted by molar-refractivity contribution is 5.95. The van der Waals surface area contributed by atoms with E-state index in [2.05, 4.69) is 13.8 Å². The lowest BCUT2D eigenvalue weighted by atomic mass is 10.0. The second-order valence-corrected chi connectivity index (χ2v) is 6.83. The van der Waals surface area contributed by atoms with Gasteiger partial charge in [0.2, 0.25) is 11.8 Å². The fourth-order valence-electron chi connectivity index (χ4n) is 2.78. The molecule has 0 radical (unpaired) electrons. The monoisotopic (exact) mass is 356 g/mol. The molecule has 0 bridgehead atoms. The highest BCUT2D eigenvalue weighted by Crippen LogP contribution is 2.18. The molecule has 0 fully saturated rings. The Labute approximate surface area is 153 Å². The number of nitrogens with two attached hydrogens (primary N) is 1. The van der Waals surface area contributed by atoms with E-state index < -0.39 is 5.91 Å². The van der Waals surface area contributed by atoms with Gasteiger partial charge in [-0.25, -0.2) is 4.39 Å². The maximum Gasteiger partial charge on any atom is 0.231 e. The van der Waals surface area contributed by atoms with Crippen LogP contribution in [-0.4, -0.2) is 18.4 Å². The molecular weight excluding hydrogens is 331 g/mol. The summed E-state index contributed by atoms with van der Waals surface area (Å²) in [6.45, 7) is 4.50. The standard InChI is InChI=1S/C21H25FN2O2/c1-15(2)13-16-3-5-17(6-4-16)14-21(26)24(12-11-20(23)25)19-9-7-18(22)8-10-19/h3-10,15H,11-14H2,1-2H3,(H2,23,25). The predicted octanol–water partition coefficient (Wildman–Crippen LogP) is 3.48. The van der Waals surface area contributed by atoms with Gasteiger partial charge in [0, 0.05) is 18.7 Å². The number of benzene rings is 2. The van der Waals surface area contributed by atoms with Gasteiger partial charge in [0.05, 0.1) is 6.42 Å². The van der Waals surface area contributed by atoms with Gasteiger partial charge in [-0.05, 0) is 47.7 Å². The van der Waals surface area contributed by atoms with E-state index in [0.717, 1.165) is 12.0 Å². The first-order chi connectivity index (χ1) is 12.3. The van der Waals surface area contributed by atoms with Crippen LogP contribution in [-0.2, 0) is 22.4 Å². The smallest absolute Gasteiger partial charge is 0.231 e.